The number of hydrogen-bond acceptors (Lipinski definition) is 2. The average Bonchev–Trinajstić information content (AvgIpc) is 1.57. The van der Waals surface area contributed by atoms with Crippen LogP contribution in [-0.2, 0) is 48.7 Å². The summed E-state index contributed by atoms with van der Waals surface area (Å²) in [5.41, 5.74) is 37.4. The second-order valence-electron chi connectivity index (χ2n) is 38.7. The average molecular weight is 1870 g/mol. The van der Waals surface area contributed by atoms with Crippen LogP contribution < -0.4 is 0 Å². The molecule has 2 aliphatic rings. The van der Waals surface area contributed by atoms with E-state index in [-0.39, 0.29) is 0 Å². The van der Waals surface area contributed by atoms with E-state index in [2.05, 4.69) is 522 Å². The minimum absolute atomic E-state index is 0.306. The van der Waals surface area contributed by atoms with Crippen LogP contribution in [0.15, 0.2) is 459 Å². The third-order valence-corrected chi connectivity index (χ3v) is 32.3. The molecule has 0 saturated heterocycles. The number of fused-ring (bicyclic) bond motifs is 37. The third-order valence-electron chi connectivity index (χ3n) is 31.2. The molecular formula is C134H96N8OS. The molecule has 0 unspecified atom stereocenters. The predicted molar refractivity (Wildman–Crippen MR) is 612 cm³/mol. The van der Waals surface area contributed by atoms with E-state index < -0.39 is 0 Å². The van der Waals surface area contributed by atoms with Gasteiger partial charge in [0, 0.05) is 227 Å². The molecule has 0 saturated carbocycles. The van der Waals surface area contributed by atoms with Gasteiger partial charge in [-0.3, -0.25) is 0 Å². The fourth-order valence-corrected chi connectivity index (χ4v) is 25.6. The Kier molecular flexibility index (Phi) is 19.5. The summed E-state index contributed by atoms with van der Waals surface area (Å²) in [5, 5.41) is 26.2. The first kappa shape index (κ1) is 84.1. The minimum Gasteiger partial charge on any atom is -0.456 e. The summed E-state index contributed by atoms with van der Waals surface area (Å²) in [4.78, 5) is 0. The lowest BCUT2D eigenvalue weighted by Crippen LogP contribution is -1.99. The Balaban J connectivity index is 0.0000000843. The van der Waals surface area contributed by atoms with Crippen molar-refractivity contribution in [2.45, 2.75) is 12.3 Å². The van der Waals surface area contributed by atoms with Crippen molar-refractivity contribution in [1.29, 1.82) is 0 Å². The second-order valence-corrected chi connectivity index (χ2v) is 39.8. The molecule has 0 N–H and O–H groups in total. The number of thiophene rings is 1. The van der Waals surface area contributed by atoms with Gasteiger partial charge < -0.3 is 41.0 Å². The van der Waals surface area contributed by atoms with Crippen molar-refractivity contribution in [3.05, 3.63) is 483 Å². The molecule has 144 heavy (non-hydrogen) atoms. The topological polar surface area (TPSA) is 52.6 Å². The Bertz CT molecular complexity index is 10500. The minimum atomic E-state index is 0.306. The van der Waals surface area contributed by atoms with Gasteiger partial charge in [0.25, 0.3) is 0 Å². The SMILES string of the molecule is Cn1c2ccccc2c2c1ccc1c3ccccc3n(-c3ccccc3)c12.Cn1c2ccccc2c2cc(C3c4ccccc4-c4ccccc43)ccc21.Cn1c2ccccc2c2cc3c(cc21)Cc1ccccc1-3.Cn1c2ccccc2c2cc3c(cc21)oc1ccccc13.Cn1c2ccccc2c2cc3c(cc21)sc1ccccc13.Cn1c2ccccc2c2cc3c4ccccc4n(-c4ccccc4)c3cc21. The molecule has 31 aromatic rings. The number of hydrogen-bond donors (Lipinski definition) is 0. The smallest absolute Gasteiger partial charge is 0.137 e. The number of aromatic nitrogens is 8. The van der Waals surface area contributed by atoms with E-state index in [0.717, 1.165) is 17.6 Å². The van der Waals surface area contributed by atoms with Crippen molar-refractivity contribution in [1.82, 2.24) is 36.5 Å². The summed E-state index contributed by atoms with van der Waals surface area (Å²) in [5.74, 6) is 0.306. The predicted octanol–water partition coefficient (Wildman–Crippen LogP) is 35.2. The maximum atomic E-state index is 6.00. The molecule has 10 heteroatoms. The highest BCUT2D eigenvalue weighted by molar-refractivity contribution is 7.25. The number of furan rings is 1. The summed E-state index contributed by atoms with van der Waals surface area (Å²) in [6.07, 6.45) is 1.06. The largest absolute Gasteiger partial charge is 0.456 e. The van der Waals surface area contributed by atoms with Crippen LogP contribution in [0, 0.1) is 0 Å². The highest BCUT2D eigenvalue weighted by Crippen LogP contribution is 2.51. The van der Waals surface area contributed by atoms with Crippen LogP contribution in [0.5, 0.6) is 0 Å². The number of para-hydroxylation sites is 11. The second kappa shape index (κ2) is 33.4. The monoisotopic (exact) mass is 1860 g/mol. The van der Waals surface area contributed by atoms with Crippen molar-refractivity contribution in [3.63, 3.8) is 0 Å². The standard InChI is InChI=1S/C26H19N.2C25H18N2.C20H15N.C19H13NO.C19H13NS/c1-27-24-13-7-6-10-20(24)23-16-17(14-15-25(23)27)26-21-11-4-2-8-18(21)19-9-3-5-12-22(19)26;1-26-21-13-7-6-12-20(21)24-23(26)16-15-19-18-11-5-8-14-22(18)27(25(19)24)17-9-3-2-4-10-17;1-26-22-13-7-5-11-18(22)20-15-21-19-12-6-8-14-23(19)27(25(21)16-24(20)26)17-9-3-2-4-10-17;1-21-19-9-5-4-8-16(19)18-12-17-14(11-20(18)21)10-13-6-2-3-7-15(13)17;2*1-20-16-8-4-2-6-12(16)14-10-15-13-7-3-5-9-18(13)21-19(15)11-17(14)20/h2-16,26H,1H3;2*2-16H,1H3;2-9,11-12H,10H2,1H3;2*2-11H,1H3. The summed E-state index contributed by atoms with van der Waals surface area (Å²) in [7, 11) is 12.9. The molecule has 684 valence electrons. The van der Waals surface area contributed by atoms with Crippen molar-refractivity contribution < 1.29 is 4.42 Å². The zero-order valence-corrected chi connectivity index (χ0v) is 81.3. The van der Waals surface area contributed by atoms with E-state index in [4.69, 9.17) is 4.42 Å². The van der Waals surface area contributed by atoms with Gasteiger partial charge >= 0.3 is 0 Å². The Hall–Kier alpha value is -18.0. The maximum absolute atomic E-state index is 6.00. The molecule has 0 aliphatic heterocycles. The van der Waals surface area contributed by atoms with Crippen LogP contribution in [-0.4, -0.2) is 36.5 Å². The Morgan fingerprint density at radius 3 is 1.15 bits per heavy atom. The number of nitrogens with zero attached hydrogens (tertiary/aromatic N) is 8. The zero-order chi connectivity index (χ0) is 95.8. The highest BCUT2D eigenvalue weighted by Gasteiger charge is 2.31. The van der Waals surface area contributed by atoms with Gasteiger partial charge in [0.1, 0.15) is 11.2 Å². The van der Waals surface area contributed by atoms with Crippen molar-refractivity contribution >= 4 is 228 Å². The van der Waals surface area contributed by atoms with Gasteiger partial charge in [0.2, 0.25) is 0 Å². The molecule has 10 aromatic heterocycles. The first-order valence-electron chi connectivity index (χ1n) is 49.7. The van der Waals surface area contributed by atoms with Crippen molar-refractivity contribution in [2.24, 2.45) is 42.3 Å². The molecule has 9 nitrogen and oxygen atoms in total. The highest BCUT2D eigenvalue weighted by atomic mass is 32.1. The lowest BCUT2D eigenvalue weighted by atomic mass is 9.88. The molecule has 0 radical (unpaired) electrons. The molecule has 21 aromatic carbocycles. The number of benzene rings is 21. The summed E-state index contributed by atoms with van der Waals surface area (Å²) >= 11 is 1.88. The van der Waals surface area contributed by atoms with Gasteiger partial charge in [-0.05, 0) is 202 Å². The lowest BCUT2D eigenvalue weighted by Gasteiger charge is -2.15. The molecule has 0 fully saturated rings. The van der Waals surface area contributed by atoms with Gasteiger partial charge in [0.05, 0.1) is 44.1 Å². The van der Waals surface area contributed by atoms with Crippen LogP contribution in [0.4, 0.5) is 0 Å². The van der Waals surface area contributed by atoms with E-state index in [1.54, 1.807) is 0 Å². The molecule has 2 aliphatic carbocycles. The Labute approximate surface area is 833 Å². The maximum Gasteiger partial charge on any atom is 0.137 e. The van der Waals surface area contributed by atoms with Crippen LogP contribution in [0.1, 0.15) is 33.7 Å². The van der Waals surface area contributed by atoms with Crippen LogP contribution in [0.3, 0.4) is 0 Å². The van der Waals surface area contributed by atoms with Crippen LogP contribution in [0.25, 0.3) is 250 Å². The van der Waals surface area contributed by atoms with Gasteiger partial charge in [-0.25, -0.2) is 0 Å². The van der Waals surface area contributed by atoms with Crippen LogP contribution >= 0.6 is 11.3 Å². The first-order chi connectivity index (χ1) is 71.0. The molecule has 0 atom stereocenters. The van der Waals surface area contributed by atoms with E-state index in [0.29, 0.717) is 5.92 Å². The molecular weight excluding hydrogens is 1770 g/mol. The van der Waals surface area contributed by atoms with Crippen molar-refractivity contribution in [3.8, 4) is 33.6 Å². The normalized spacial score (nSPS) is 12.3. The fraction of sp³-hybridized carbons (Fsp3) is 0.0597. The third kappa shape index (κ3) is 13.1. The van der Waals surface area contributed by atoms with E-state index in [1.165, 1.54) is 267 Å². The van der Waals surface area contributed by atoms with Gasteiger partial charge in [-0.15, -0.1) is 11.3 Å². The number of rotatable bonds is 3. The molecule has 0 bridgehead atoms. The molecule has 33 rings (SSSR count). The Morgan fingerprint density at radius 2 is 0.576 bits per heavy atom. The molecule has 0 amide bonds. The molecule has 0 spiro atoms. The van der Waals surface area contributed by atoms with Gasteiger partial charge in [0.15, 0.2) is 0 Å². The van der Waals surface area contributed by atoms with E-state index >= 15 is 0 Å². The van der Waals surface area contributed by atoms with Crippen LogP contribution in [0.2, 0.25) is 0 Å². The summed E-state index contributed by atoms with van der Waals surface area (Å²) < 4.78 is 27.3. The summed E-state index contributed by atoms with van der Waals surface area (Å²) in [6, 6.07) is 164. The Morgan fingerprint density at radius 1 is 0.201 bits per heavy atom. The quantitative estimate of drug-likeness (QED) is 0.174. The van der Waals surface area contributed by atoms with E-state index in [1.807, 2.05) is 23.5 Å². The fourth-order valence-electron chi connectivity index (χ4n) is 24.4. The zero-order valence-electron chi connectivity index (χ0n) is 80.5. The van der Waals surface area contributed by atoms with Gasteiger partial charge in [-0.2, -0.15) is 0 Å². The molecule has 10 heterocycles. The lowest BCUT2D eigenvalue weighted by molar-refractivity contribution is 0.669. The van der Waals surface area contributed by atoms with E-state index in [9.17, 15) is 0 Å². The summed E-state index contributed by atoms with van der Waals surface area (Å²) in [6.45, 7) is 0. The number of aryl methyl sites for hydroxylation is 6. The first-order valence-corrected chi connectivity index (χ1v) is 50.5. The van der Waals surface area contributed by atoms with Crippen molar-refractivity contribution in [2.75, 3.05) is 0 Å². The van der Waals surface area contributed by atoms with Gasteiger partial charge in [-0.1, -0.05) is 303 Å².